The standard InChI is InChI=1S/C12H14F2N2O2/c1-8-10(3-2-5-15-8)18-9-4-6-16(7-9)12(17)11(13)14/h2-3,5,9,11H,4,6-7H2,1H3/t9-/m1/s1. The summed E-state index contributed by atoms with van der Waals surface area (Å²) in [6.45, 7) is 2.33. The zero-order valence-electron chi connectivity index (χ0n) is 9.97. The molecule has 98 valence electrons. The van der Waals surface area contributed by atoms with Crippen molar-refractivity contribution >= 4 is 5.91 Å². The van der Waals surface area contributed by atoms with Gasteiger partial charge >= 0.3 is 6.43 Å². The molecule has 1 aliphatic heterocycles. The third kappa shape index (κ3) is 2.75. The molecule has 0 radical (unpaired) electrons. The van der Waals surface area contributed by atoms with Gasteiger partial charge in [-0.25, -0.2) is 0 Å². The van der Waals surface area contributed by atoms with Crippen LogP contribution in [-0.4, -0.2) is 41.4 Å². The van der Waals surface area contributed by atoms with Crippen molar-refractivity contribution in [3.63, 3.8) is 0 Å². The molecular weight excluding hydrogens is 242 g/mol. The lowest BCUT2D eigenvalue weighted by molar-refractivity contribution is -0.141. The zero-order chi connectivity index (χ0) is 13.1. The Balaban J connectivity index is 1.94. The van der Waals surface area contributed by atoms with Crippen molar-refractivity contribution < 1.29 is 18.3 Å². The average Bonchev–Trinajstić information content (AvgIpc) is 2.79. The van der Waals surface area contributed by atoms with E-state index in [1.165, 1.54) is 0 Å². The second-order valence-electron chi connectivity index (χ2n) is 4.20. The molecule has 1 aromatic rings. The molecule has 2 heterocycles. The van der Waals surface area contributed by atoms with Crippen molar-refractivity contribution in [1.82, 2.24) is 9.88 Å². The third-order valence-electron chi connectivity index (χ3n) is 2.90. The number of halogens is 2. The van der Waals surface area contributed by atoms with Crippen molar-refractivity contribution in [3.05, 3.63) is 24.0 Å². The van der Waals surface area contributed by atoms with Crippen LogP contribution in [0.1, 0.15) is 12.1 Å². The first-order valence-corrected chi connectivity index (χ1v) is 5.73. The topological polar surface area (TPSA) is 42.4 Å². The van der Waals surface area contributed by atoms with Gasteiger partial charge in [0.1, 0.15) is 11.9 Å². The van der Waals surface area contributed by atoms with E-state index in [-0.39, 0.29) is 12.6 Å². The maximum absolute atomic E-state index is 12.3. The fraction of sp³-hybridized carbons (Fsp3) is 0.500. The summed E-state index contributed by atoms with van der Waals surface area (Å²) in [5.74, 6) is -0.488. The maximum atomic E-state index is 12.3. The second-order valence-corrected chi connectivity index (χ2v) is 4.20. The molecule has 2 rings (SSSR count). The molecule has 6 heteroatoms. The summed E-state index contributed by atoms with van der Waals surface area (Å²) in [6.07, 6.45) is -0.963. The Kier molecular flexibility index (Phi) is 3.74. The molecule has 1 fully saturated rings. The number of ether oxygens (including phenoxy) is 1. The summed E-state index contributed by atoms with van der Waals surface area (Å²) < 4.78 is 30.2. The van der Waals surface area contributed by atoms with Crippen LogP contribution in [-0.2, 0) is 4.79 Å². The molecule has 4 nitrogen and oxygen atoms in total. The van der Waals surface area contributed by atoms with E-state index in [2.05, 4.69) is 4.98 Å². The van der Waals surface area contributed by atoms with E-state index in [1.807, 2.05) is 6.92 Å². The van der Waals surface area contributed by atoms with Gasteiger partial charge in [-0.05, 0) is 19.1 Å². The summed E-state index contributed by atoms with van der Waals surface area (Å²) in [7, 11) is 0. The van der Waals surface area contributed by atoms with Crippen LogP contribution in [0.3, 0.4) is 0 Å². The van der Waals surface area contributed by atoms with E-state index < -0.39 is 12.3 Å². The van der Waals surface area contributed by atoms with E-state index in [1.54, 1.807) is 18.3 Å². The fourth-order valence-corrected chi connectivity index (χ4v) is 1.94. The molecule has 0 unspecified atom stereocenters. The van der Waals surface area contributed by atoms with Crippen LogP contribution in [0.25, 0.3) is 0 Å². The van der Waals surface area contributed by atoms with Gasteiger partial charge in [-0.3, -0.25) is 9.78 Å². The number of carbonyl (C=O) groups is 1. The van der Waals surface area contributed by atoms with Gasteiger partial charge in [0.2, 0.25) is 0 Å². The van der Waals surface area contributed by atoms with Crippen LogP contribution in [0.15, 0.2) is 18.3 Å². The van der Waals surface area contributed by atoms with Gasteiger partial charge in [-0.2, -0.15) is 8.78 Å². The Morgan fingerprint density at radius 2 is 2.39 bits per heavy atom. The highest BCUT2D eigenvalue weighted by Gasteiger charge is 2.32. The minimum absolute atomic E-state index is 0.206. The van der Waals surface area contributed by atoms with Crippen LogP contribution < -0.4 is 4.74 Å². The first-order chi connectivity index (χ1) is 8.58. The Labute approximate surface area is 104 Å². The Morgan fingerprint density at radius 1 is 1.61 bits per heavy atom. The highest BCUT2D eigenvalue weighted by Crippen LogP contribution is 2.21. The number of hydrogen-bond donors (Lipinski definition) is 0. The van der Waals surface area contributed by atoms with Crippen molar-refractivity contribution in [2.24, 2.45) is 0 Å². The van der Waals surface area contributed by atoms with Crippen molar-refractivity contribution in [2.75, 3.05) is 13.1 Å². The van der Waals surface area contributed by atoms with E-state index >= 15 is 0 Å². The highest BCUT2D eigenvalue weighted by molar-refractivity contribution is 5.79. The van der Waals surface area contributed by atoms with Gasteiger partial charge in [-0.1, -0.05) is 0 Å². The number of amides is 1. The Bertz CT molecular complexity index is 440. The molecule has 1 amide bonds. The molecule has 0 aliphatic carbocycles. The predicted octanol–water partition coefficient (Wildman–Crippen LogP) is 1.63. The molecule has 0 saturated carbocycles. The molecule has 0 N–H and O–H groups in total. The molecular formula is C12H14F2N2O2. The number of nitrogens with zero attached hydrogens (tertiary/aromatic N) is 2. The molecule has 18 heavy (non-hydrogen) atoms. The van der Waals surface area contributed by atoms with Gasteiger partial charge in [-0.15, -0.1) is 0 Å². The van der Waals surface area contributed by atoms with Crippen molar-refractivity contribution in [3.8, 4) is 5.75 Å². The molecule has 0 bridgehead atoms. The van der Waals surface area contributed by atoms with Crippen LogP contribution in [0, 0.1) is 6.92 Å². The van der Waals surface area contributed by atoms with Gasteiger partial charge in [0.15, 0.2) is 0 Å². The molecule has 1 atom stereocenters. The normalized spacial score (nSPS) is 19.3. The van der Waals surface area contributed by atoms with E-state index in [9.17, 15) is 13.6 Å². The van der Waals surface area contributed by atoms with Crippen LogP contribution >= 0.6 is 0 Å². The lowest BCUT2D eigenvalue weighted by atomic mass is 10.3. The Hall–Kier alpha value is -1.72. The van der Waals surface area contributed by atoms with Gasteiger partial charge in [0.25, 0.3) is 5.91 Å². The van der Waals surface area contributed by atoms with E-state index in [0.717, 1.165) is 10.6 Å². The highest BCUT2D eigenvalue weighted by atomic mass is 19.3. The van der Waals surface area contributed by atoms with Crippen molar-refractivity contribution in [2.45, 2.75) is 25.9 Å². The SMILES string of the molecule is Cc1ncccc1O[C@@H]1CCN(C(=O)C(F)F)C1. The second kappa shape index (κ2) is 5.29. The van der Waals surface area contributed by atoms with Crippen LogP contribution in [0.5, 0.6) is 5.75 Å². The number of aromatic nitrogens is 1. The monoisotopic (exact) mass is 256 g/mol. The smallest absolute Gasteiger partial charge is 0.315 e. The number of alkyl halides is 2. The quantitative estimate of drug-likeness (QED) is 0.825. The number of pyridine rings is 1. The van der Waals surface area contributed by atoms with E-state index in [0.29, 0.717) is 18.7 Å². The van der Waals surface area contributed by atoms with Gasteiger partial charge < -0.3 is 9.64 Å². The molecule has 1 aliphatic rings. The first-order valence-electron chi connectivity index (χ1n) is 5.73. The number of aryl methyl sites for hydroxylation is 1. The molecule has 0 spiro atoms. The summed E-state index contributed by atoms with van der Waals surface area (Å²) in [6, 6.07) is 3.53. The number of hydrogen-bond acceptors (Lipinski definition) is 3. The fourth-order valence-electron chi connectivity index (χ4n) is 1.94. The molecule has 1 saturated heterocycles. The minimum Gasteiger partial charge on any atom is -0.487 e. The summed E-state index contributed by atoms with van der Waals surface area (Å²) in [5.41, 5.74) is 0.746. The Morgan fingerprint density at radius 3 is 3.06 bits per heavy atom. The lowest BCUT2D eigenvalue weighted by Gasteiger charge is -2.17. The number of rotatable bonds is 3. The third-order valence-corrected chi connectivity index (χ3v) is 2.90. The minimum atomic E-state index is -2.94. The number of carbonyl (C=O) groups excluding carboxylic acids is 1. The predicted molar refractivity (Wildman–Crippen MR) is 60.6 cm³/mol. The summed E-state index contributed by atoms with van der Waals surface area (Å²) in [5, 5.41) is 0. The van der Waals surface area contributed by atoms with Crippen molar-refractivity contribution in [1.29, 1.82) is 0 Å². The van der Waals surface area contributed by atoms with E-state index in [4.69, 9.17) is 4.74 Å². The largest absolute Gasteiger partial charge is 0.487 e. The average molecular weight is 256 g/mol. The lowest BCUT2D eigenvalue weighted by Crippen LogP contribution is -2.35. The van der Waals surface area contributed by atoms with Crippen LogP contribution in [0.2, 0.25) is 0 Å². The summed E-state index contributed by atoms with van der Waals surface area (Å²) >= 11 is 0. The maximum Gasteiger partial charge on any atom is 0.315 e. The summed E-state index contributed by atoms with van der Waals surface area (Å²) in [4.78, 5) is 16.3. The van der Waals surface area contributed by atoms with Gasteiger partial charge in [0, 0.05) is 19.2 Å². The van der Waals surface area contributed by atoms with Crippen LogP contribution in [0.4, 0.5) is 8.78 Å². The molecule has 1 aromatic heterocycles. The number of likely N-dealkylation sites (tertiary alicyclic amines) is 1. The molecule has 0 aromatic carbocycles. The van der Waals surface area contributed by atoms with Gasteiger partial charge in [0.05, 0.1) is 12.2 Å². The first kappa shape index (κ1) is 12.7. The zero-order valence-corrected chi connectivity index (χ0v) is 9.97.